The van der Waals surface area contributed by atoms with Crippen LogP contribution in [-0.4, -0.2) is 29.6 Å². The molecule has 1 aliphatic heterocycles. The number of ether oxygens (including phenoxy) is 2. The summed E-state index contributed by atoms with van der Waals surface area (Å²) in [5.74, 6) is 1.46. The summed E-state index contributed by atoms with van der Waals surface area (Å²) < 4.78 is 11.9. The van der Waals surface area contributed by atoms with Gasteiger partial charge in [-0.3, -0.25) is 4.79 Å². The van der Waals surface area contributed by atoms with Crippen LogP contribution in [0, 0.1) is 6.92 Å². The van der Waals surface area contributed by atoms with Gasteiger partial charge in [-0.25, -0.2) is 0 Å². The van der Waals surface area contributed by atoms with Crippen LogP contribution in [0.25, 0.3) is 10.9 Å². The van der Waals surface area contributed by atoms with Crippen molar-refractivity contribution >= 4 is 16.8 Å². The molecule has 2 aromatic carbocycles. The third kappa shape index (κ3) is 3.37. The first-order valence-corrected chi connectivity index (χ1v) is 9.24. The number of hydrogen-bond acceptors (Lipinski definition) is 3. The van der Waals surface area contributed by atoms with Gasteiger partial charge in [-0.2, -0.15) is 0 Å². The lowest BCUT2D eigenvalue weighted by Crippen LogP contribution is -2.28. The van der Waals surface area contributed by atoms with Crippen molar-refractivity contribution in [2.45, 2.75) is 32.8 Å². The molecule has 0 aliphatic carbocycles. The van der Waals surface area contributed by atoms with Gasteiger partial charge >= 0.3 is 0 Å². The highest BCUT2D eigenvalue weighted by Crippen LogP contribution is 2.41. The zero-order valence-corrected chi connectivity index (χ0v) is 15.9. The van der Waals surface area contributed by atoms with Crippen molar-refractivity contribution in [2.24, 2.45) is 0 Å². The molecule has 27 heavy (non-hydrogen) atoms. The Labute approximate surface area is 158 Å². The quantitative estimate of drug-likeness (QED) is 0.673. The maximum absolute atomic E-state index is 12.6. The van der Waals surface area contributed by atoms with Gasteiger partial charge in [0.15, 0.2) is 11.5 Å². The topological polar surface area (TPSA) is 63.4 Å². The number of carbonyl (C=O) groups excluding carboxylic acids is 1. The minimum absolute atomic E-state index is 0.0933. The van der Waals surface area contributed by atoms with E-state index in [1.807, 2.05) is 43.3 Å². The molecular formula is C22H24N2O3. The summed E-state index contributed by atoms with van der Waals surface area (Å²) in [5, 5.41) is 3.88. The molecule has 1 aliphatic rings. The number of benzene rings is 2. The molecule has 0 saturated heterocycles. The standard InChI is InChI=1S/C22H24N2O3/c1-14-19(16-8-4-5-9-17(16)24-14)21(25)23-11-12-26-18-10-6-7-15-13-22(2,3)27-20(15)18/h4-10,24H,11-13H2,1-3H3,(H,23,25). The normalized spacial score (nSPS) is 14.6. The van der Waals surface area contributed by atoms with E-state index in [9.17, 15) is 4.79 Å². The second kappa shape index (κ2) is 6.65. The monoisotopic (exact) mass is 364 g/mol. The third-order valence-corrected chi connectivity index (χ3v) is 4.82. The Morgan fingerprint density at radius 2 is 2.04 bits per heavy atom. The number of aromatic amines is 1. The van der Waals surface area contributed by atoms with Gasteiger partial charge in [-0.05, 0) is 32.9 Å². The van der Waals surface area contributed by atoms with Crippen molar-refractivity contribution in [3.8, 4) is 11.5 Å². The number of carbonyl (C=O) groups is 1. The van der Waals surface area contributed by atoms with E-state index >= 15 is 0 Å². The van der Waals surface area contributed by atoms with E-state index in [2.05, 4.69) is 30.2 Å². The van der Waals surface area contributed by atoms with E-state index in [0.717, 1.165) is 40.1 Å². The van der Waals surface area contributed by atoms with Crippen molar-refractivity contribution < 1.29 is 14.3 Å². The van der Waals surface area contributed by atoms with Crippen LogP contribution in [0.15, 0.2) is 42.5 Å². The molecule has 4 rings (SSSR count). The fourth-order valence-electron chi connectivity index (χ4n) is 3.68. The smallest absolute Gasteiger partial charge is 0.253 e. The number of fused-ring (bicyclic) bond motifs is 2. The van der Waals surface area contributed by atoms with Crippen molar-refractivity contribution in [1.29, 1.82) is 0 Å². The van der Waals surface area contributed by atoms with Crippen LogP contribution >= 0.6 is 0 Å². The fraction of sp³-hybridized carbons (Fsp3) is 0.318. The average molecular weight is 364 g/mol. The summed E-state index contributed by atoms with van der Waals surface area (Å²) in [4.78, 5) is 15.9. The molecule has 0 fully saturated rings. The maximum atomic E-state index is 12.6. The molecule has 0 unspecified atom stereocenters. The van der Waals surface area contributed by atoms with Crippen molar-refractivity contribution in [1.82, 2.24) is 10.3 Å². The molecule has 1 aromatic heterocycles. The molecule has 5 heteroatoms. The van der Waals surface area contributed by atoms with Crippen molar-refractivity contribution in [3.05, 3.63) is 59.3 Å². The van der Waals surface area contributed by atoms with Crippen LogP contribution in [0.4, 0.5) is 0 Å². The molecule has 0 radical (unpaired) electrons. The van der Waals surface area contributed by atoms with E-state index in [4.69, 9.17) is 9.47 Å². The Bertz CT molecular complexity index is 1000. The molecular weight excluding hydrogens is 340 g/mol. The SMILES string of the molecule is Cc1[nH]c2ccccc2c1C(=O)NCCOc1cccc2c1OC(C)(C)C2. The number of aryl methyl sites for hydroxylation is 1. The minimum Gasteiger partial charge on any atom is -0.488 e. The lowest BCUT2D eigenvalue weighted by Gasteiger charge is -2.18. The van der Waals surface area contributed by atoms with Crippen molar-refractivity contribution in [3.63, 3.8) is 0 Å². The number of rotatable bonds is 5. The van der Waals surface area contributed by atoms with Gasteiger partial charge < -0.3 is 19.8 Å². The molecule has 0 saturated carbocycles. The molecule has 0 spiro atoms. The number of nitrogens with one attached hydrogen (secondary N) is 2. The van der Waals surface area contributed by atoms with E-state index in [1.54, 1.807) is 0 Å². The molecule has 1 amide bonds. The van der Waals surface area contributed by atoms with Gasteiger partial charge in [0.1, 0.15) is 12.2 Å². The van der Waals surface area contributed by atoms with Gasteiger partial charge in [-0.1, -0.05) is 30.3 Å². The Morgan fingerprint density at radius 1 is 1.22 bits per heavy atom. The predicted molar refractivity (Wildman–Crippen MR) is 106 cm³/mol. The third-order valence-electron chi connectivity index (χ3n) is 4.82. The van der Waals surface area contributed by atoms with E-state index in [1.165, 1.54) is 0 Å². The lowest BCUT2D eigenvalue weighted by atomic mass is 10.0. The van der Waals surface area contributed by atoms with Crippen LogP contribution in [-0.2, 0) is 6.42 Å². The first-order chi connectivity index (χ1) is 12.9. The van der Waals surface area contributed by atoms with Crippen LogP contribution in [0.2, 0.25) is 0 Å². The largest absolute Gasteiger partial charge is 0.488 e. The summed E-state index contributed by atoms with van der Waals surface area (Å²) in [6.07, 6.45) is 0.871. The van der Waals surface area contributed by atoms with E-state index in [-0.39, 0.29) is 11.5 Å². The highest BCUT2D eigenvalue weighted by Gasteiger charge is 2.32. The number of aromatic nitrogens is 1. The maximum Gasteiger partial charge on any atom is 0.253 e. The lowest BCUT2D eigenvalue weighted by molar-refractivity contribution is 0.0947. The highest BCUT2D eigenvalue weighted by atomic mass is 16.5. The number of para-hydroxylation sites is 2. The molecule has 5 nitrogen and oxygen atoms in total. The summed E-state index contributed by atoms with van der Waals surface area (Å²) in [6, 6.07) is 13.8. The van der Waals surface area contributed by atoms with Crippen LogP contribution in [0.5, 0.6) is 11.5 Å². The average Bonchev–Trinajstić information content (AvgIpc) is 3.12. The summed E-state index contributed by atoms with van der Waals surface area (Å²) in [5.41, 5.74) is 3.48. The number of hydrogen-bond donors (Lipinski definition) is 2. The van der Waals surface area contributed by atoms with E-state index < -0.39 is 0 Å². The zero-order chi connectivity index (χ0) is 19.0. The highest BCUT2D eigenvalue weighted by molar-refractivity contribution is 6.08. The van der Waals surface area contributed by atoms with Crippen LogP contribution in [0.3, 0.4) is 0 Å². The number of amides is 1. The summed E-state index contributed by atoms with van der Waals surface area (Å²) >= 11 is 0. The first kappa shape index (κ1) is 17.5. The minimum atomic E-state index is -0.205. The zero-order valence-electron chi connectivity index (χ0n) is 15.9. The van der Waals surface area contributed by atoms with Gasteiger partial charge in [0.2, 0.25) is 0 Å². The Hall–Kier alpha value is -2.95. The molecule has 0 atom stereocenters. The van der Waals surface area contributed by atoms with Gasteiger partial charge in [0.25, 0.3) is 5.91 Å². The molecule has 2 heterocycles. The van der Waals surface area contributed by atoms with Crippen LogP contribution in [0.1, 0.15) is 35.5 Å². The van der Waals surface area contributed by atoms with Crippen molar-refractivity contribution in [2.75, 3.05) is 13.2 Å². The molecule has 2 N–H and O–H groups in total. The first-order valence-electron chi connectivity index (χ1n) is 9.24. The Morgan fingerprint density at radius 3 is 2.89 bits per heavy atom. The molecule has 140 valence electrons. The predicted octanol–water partition coefficient (Wildman–Crippen LogP) is 4.00. The van der Waals surface area contributed by atoms with Gasteiger partial charge in [-0.15, -0.1) is 0 Å². The second-order valence-corrected chi connectivity index (χ2v) is 7.56. The number of H-pyrrole nitrogens is 1. The summed E-state index contributed by atoms with van der Waals surface area (Å²) in [7, 11) is 0. The Balaban J connectivity index is 1.38. The second-order valence-electron chi connectivity index (χ2n) is 7.56. The van der Waals surface area contributed by atoms with E-state index in [0.29, 0.717) is 18.7 Å². The van der Waals surface area contributed by atoms with Gasteiger partial charge in [0, 0.05) is 28.6 Å². The summed E-state index contributed by atoms with van der Waals surface area (Å²) in [6.45, 7) is 6.86. The Kier molecular flexibility index (Phi) is 4.30. The molecule has 0 bridgehead atoms. The van der Waals surface area contributed by atoms with Crippen LogP contribution < -0.4 is 14.8 Å². The fourth-order valence-corrected chi connectivity index (χ4v) is 3.68. The van der Waals surface area contributed by atoms with Gasteiger partial charge in [0.05, 0.1) is 12.1 Å². The molecule has 3 aromatic rings.